The lowest BCUT2D eigenvalue weighted by Gasteiger charge is -2.05. The number of hydrogen-bond acceptors (Lipinski definition) is 3. The average Bonchev–Trinajstić information content (AvgIpc) is 2.13. The van der Waals surface area contributed by atoms with Gasteiger partial charge in [0.25, 0.3) is 0 Å². The van der Waals surface area contributed by atoms with Crippen molar-refractivity contribution in [3.05, 3.63) is 28.5 Å². The highest BCUT2D eigenvalue weighted by Gasteiger charge is 2.09. The van der Waals surface area contributed by atoms with Crippen LogP contribution in [0.1, 0.15) is 18.2 Å². The van der Waals surface area contributed by atoms with Crippen molar-refractivity contribution in [2.24, 2.45) is 0 Å². The molecule has 0 aliphatic rings. The van der Waals surface area contributed by atoms with Crippen LogP contribution in [0.4, 0.5) is 0 Å². The molecule has 0 aromatic carbocycles. The van der Waals surface area contributed by atoms with E-state index in [4.69, 9.17) is 16.3 Å². The molecule has 4 heteroatoms. The van der Waals surface area contributed by atoms with Crippen molar-refractivity contribution < 1.29 is 9.53 Å². The minimum absolute atomic E-state index is 0.181. The Hall–Kier alpha value is -1.09. The van der Waals surface area contributed by atoms with E-state index in [1.165, 1.54) is 0 Å². The number of ether oxygens (including phenoxy) is 1. The van der Waals surface area contributed by atoms with Crippen LogP contribution in [-0.4, -0.2) is 17.6 Å². The summed E-state index contributed by atoms with van der Waals surface area (Å²) in [7, 11) is 0. The molecule has 1 heterocycles. The first kappa shape index (κ1) is 11.0. The lowest BCUT2D eigenvalue weighted by atomic mass is 10.2. The van der Waals surface area contributed by atoms with Crippen molar-refractivity contribution in [3.63, 3.8) is 0 Å². The predicted molar refractivity (Wildman–Crippen MR) is 54.3 cm³/mol. The third kappa shape index (κ3) is 2.70. The lowest BCUT2D eigenvalue weighted by molar-refractivity contribution is -0.142. The molecule has 0 unspecified atom stereocenters. The zero-order chi connectivity index (χ0) is 10.6. The monoisotopic (exact) mass is 213 g/mol. The minimum Gasteiger partial charge on any atom is -0.466 e. The van der Waals surface area contributed by atoms with Crippen LogP contribution in [0, 0.1) is 6.92 Å². The molecule has 1 rings (SSSR count). The molecular weight excluding hydrogens is 202 g/mol. The van der Waals surface area contributed by atoms with E-state index < -0.39 is 0 Å². The number of rotatable bonds is 3. The van der Waals surface area contributed by atoms with Crippen LogP contribution in [0.5, 0.6) is 0 Å². The van der Waals surface area contributed by atoms with E-state index >= 15 is 0 Å². The third-order valence-electron chi connectivity index (χ3n) is 1.86. The molecule has 0 radical (unpaired) electrons. The van der Waals surface area contributed by atoms with E-state index in [0.717, 1.165) is 5.56 Å². The molecule has 0 aliphatic heterocycles. The van der Waals surface area contributed by atoms with Crippen molar-refractivity contribution in [3.8, 4) is 0 Å². The topological polar surface area (TPSA) is 39.2 Å². The van der Waals surface area contributed by atoms with Crippen LogP contribution in [0.3, 0.4) is 0 Å². The molecule has 3 nitrogen and oxygen atoms in total. The number of esters is 1. The molecule has 1 aromatic rings. The average molecular weight is 214 g/mol. The molecule has 14 heavy (non-hydrogen) atoms. The number of hydrogen-bond donors (Lipinski definition) is 0. The number of carbonyl (C=O) groups is 1. The van der Waals surface area contributed by atoms with Gasteiger partial charge in [-0.15, -0.1) is 0 Å². The Morgan fingerprint density at radius 3 is 3.00 bits per heavy atom. The van der Waals surface area contributed by atoms with Crippen LogP contribution in [0.2, 0.25) is 5.02 Å². The van der Waals surface area contributed by atoms with Gasteiger partial charge in [-0.05, 0) is 25.5 Å². The molecule has 0 bridgehead atoms. The van der Waals surface area contributed by atoms with Crippen molar-refractivity contribution in [1.29, 1.82) is 0 Å². The van der Waals surface area contributed by atoms with E-state index in [9.17, 15) is 4.79 Å². The van der Waals surface area contributed by atoms with Gasteiger partial charge in [0.1, 0.15) is 0 Å². The molecule has 0 atom stereocenters. The van der Waals surface area contributed by atoms with Gasteiger partial charge in [0.2, 0.25) is 0 Å². The Kier molecular flexibility index (Phi) is 3.89. The van der Waals surface area contributed by atoms with Gasteiger partial charge in [0.05, 0.1) is 18.7 Å². The fourth-order valence-electron chi connectivity index (χ4n) is 1.08. The summed E-state index contributed by atoms with van der Waals surface area (Å²) in [5.74, 6) is -0.273. The first-order valence-corrected chi connectivity index (χ1v) is 4.78. The molecular formula is C10H12ClNO2. The predicted octanol–water partition coefficient (Wildman–Crippen LogP) is 2.15. The second kappa shape index (κ2) is 4.96. The first-order chi connectivity index (χ1) is 6.65. The number of pyridine rings is 1. The maximum Gasteiger partial charge on any atom is 0.311 e. The summed E-state index contributed by atoms with van der Waals surface area (Å²) in [5, 5.41) is 0.624. The van der Waals surface area contributed by atoms with E-state index in [0.29, 0.717) is 17.3 Å². The number of aromatic nitrogens is 1. The first-order valence-electron chi connectivity index (χ1n) is 4.40. The Labute approximate surface area is 88.1 Å². The molecule has 0 saturated heterocycles. The number of carbonyl (C=O) groups excluding carboxylic acids is 1. The SMILES string of the molecule is CCOC(=O)Cc1nccc(Cl)c1C. The zero-order valence-corrected chi connectivity index (χ0v) is 8.97. The van der Waals surface area contributed by atoms with Gasteiger partial charge in [-0.1, -0.05) is 11.6 Å². The molecule has 0 spiro atoms. The molecule has 0 saturated carbocycles. The zero-order valence-electron chi connectivity index (χ0n) is 8.21. The molecule has 0 N–H and O–H groups in total. The molecule has 0 fully saturated rings. The van der Waals surface area contributed by atoms with Gasteiger partial charge in [0, 0.05) is 11.2 Å². The Bertz CT molecular complexity index is 339. The summed E-state index contributed by atoms with van der Waals surface area (Å²) in [6.45, 7) is 4.00. The second-order valence-corrected chi connectivity index (χ2v) is 3.25. The van der Waals surface area contributed by atoms with Crippen LogP contribution in [0.15, 0.2) is 12.3 Å². The van der Waals surface area contributed by atoms with Crippen molar-refractivity contribution in [2.45, 2.75) is 20.3 Å². The normalized spacial score (nSPS) is 9.93. The summed E-state index contributed by atoms with van der Waals surface area (Å²) in [6.07, 6.45) is 1.77. The Balaban J connectivity index is 2.76. The maximum atomic E-state index is 11.2. The van der Waals surface area contributed by atoms with Crippen LogP contribution < -0.4 is 0 Å². The molecule has 0 amide bonds. The summed E-state index contributed by atoms with van der Waals surface area (Å²) in [4.78, 5) is 15.2. The largest absolute Gasteiger partial charge is 0.466 e. The van der Waals surface area contributed by atoms with Gasteiger partial charge in [0.15, 0.2) is 0 Å². The second-order valence-electron chi connectivity index (χ2n) is 2.85. The fraction of sp³-hybridized carbons (Fsp3) is 0.400. The standard InChI is InChI=1S/C10H12ClNO2/c1-3-14-10(13)6-9-7(2)8(11)4-5-12-9/h4-5H,3,6H2,1-2H3. The smallest absolute Gasteiger partial charge is 0.311 e. The number of nitrogens with zero attached hydrogens (tertiary/aromatic N) is 1. The molecule has 76 valence electrons. The fourth-order valence-corrected chi connectivity index (χ4v) is 1.24. The van der Waals surface area contributed by atoms with Crippen molar-refractivity contribution in [2.75, 3.05) is 6.61 Å². The van der Waals surface area contributed by atoms with Crippen LogP contribution in [0.25, 0.3) is 0 Å². The highest BCUT2D eigenvalue weighted by molar-refractivity contribution is 6.31. The van der Waals surface area contributed by atoms with Gasteiger partial charge >= 0.3 is 5.97 Å². The lowest BCUT2D eigenvalue weighted by Crippen LogP contribution is -2.09. The Morgan fingerprint density at radius 1 is 1.64 bits per heavy atom. The molecule has 1 aromatic heterocycles. The van der Waals surface area contributed by atoms with Gasteiger partial charge in [-0.25, -0.2) is 0 Å². The van der Waals surface area contributed by atoms with Crippen LogP contribution in [-0.2, 0) is 16.0 Å². The van der Waals surface area contributed by atoms with Gasteiger partial charge < -0.3 is 4.74 Å². The quantitative estimate of drug-likeness (QED) is 0.723. The Morgan fingerprint density at radius 2 is 2.36 bits per heavy atom. The summed E-state index contributed by atoms with van der Waals surface area (Å²) in [5.41, 5.74) is 1.51. The molecule has 0 aliphatic carbocycles. The van der Waals surface area contributed by atoms with Gasteiger partial charge in [-0.2, -0.15) is 0 Å². The minimum atomic E-state index is -0.273. The summed E-state index contributed by atoms with van der Waals surface area (Å²) < 4.78 is 4.82. The number of halogens is 1. The maximum absolute atomic E-state index is 11.2. The van der Waals surface area contributed by atoms with Gasteiger partial charge in [-0.3, -0.25) is 9.78 Å². The van der Waals surface area contributed by atoms with Crippen molar-refractivity contribution >= 4 is 17.6 Å². The van der Waals surface area contributed by atoms with Crippen LogP contribution >= 0.6 is 11.6 Å². The van der Waals surface area contributed by atoms with Crippen molar-refractivity contribution in [1.82, 2.24) is 4.98 Å². The van der Waals surface area contributed by atoms with E-state index in [2.05, 4.69) is 4.98 Å². The highest BCUT2D eigenvalue weighted by Crippen LogP contribution is 2.16. The highest BCUT2D eigenvalue weighted by atomic mass is 35.5. The van der Waals surface area contributed by atoms with E-state index in [1.807, 2.05) is 6.92 Å². The third-order valence-corrected chi connectivity index (χ3v) is 2.27. The summed E-state index contributed by atoms with van der Waals surface area (Å²) in [6, 6.07) is 1.70. The summed E-state index contributed by atoms with van der Waals surface area (Å²) >= 11 is 5.88. The van der Waals surface area contributed by atoms with E-state index in [1.54, 1.807) is 19.2 Å². The van der Waals surface area contributed by atoms with E-state index in [-0.39, 0.29) is 12.4 Å².